The van der Waals surface area contributed by atoms with Crippen molar-refractivity contribution in [2.75, 3.05) is 23.3 Å². The van der Waals surface area contributed by atoms with Gasteiger partial charge in [-0.25, -0.2) is 0 Å². The van der Waals surface area contributed by atoms with Crippen molar-refractivity contribution in [1.82, 2.24) is 14.6 Å². The van der Waals surface area contributed by atoms with E-state index in [-0.39, 0.29) is 11.8 Å². The predicted molar refractivity (Wildman–Crippen MR) is 129 cm³/mol. The molecule has 2 aliphatic carbocycles. The lowest BCUT2D eigenvalue weighted by Gasteiger charge is -2.42. The molecule has 1 saturated carbocycles. The highest BCUT2D eigenvalue weighted by molar-refractivity contribution is 5.92. The van der Waals surface area contributed by atoms with Crippen LogP contribution >= 0.6 is 0 Å². The van der Waals surface area contributed by atoms with Gasteiger partial charge in [0, 0.05) is 19.0 Å². The van der Waals surface area contributed by atoms with Crippen LogP contribution in [-0.2, 0) is 4.79 Å². The molecule has 1 amide bonds. The lowest BCUT2D eigenvalue weighted by Crippen LogP contribution is -2.48. The van der Waals surface area contributed by atoms with E-state index in [0.717, 1.165) is 61.1 Å². The average Bonchev–Trinajstić information content (AvgIpc) is 3.42. The van der Waals surface area contributed by atoms with Crippen molar-refractivity contribution in [3.63, 3.8) is 0 Å². The fourth-order valence-electron chi connectivity index (χ4n) is 5.40. The second-order valence-corrected chi connectivity index (χ2v) is 11.5. The number of rotatable bonds is 8. The van der Waals surface area contributed by atoms with Crippen molar-refractivity contribution in [2.24, 2.45) is 35.0 Å². The highest BCUT2D eigenvalue weighted by Crippen LogP contribution is 2.43. The molecule has 1 aliphatic heterocycles. The van der Waals surface area contributed by atoms with Crippen LogP contribution in [0.3, 0.4) is 0 Å². The molecule has 2 aromatic rings. The molecule has 0 radical (unpaired) electrons. The van der Waals surface area contributed by atoms with E-state index in [9.17, 15) is 4.79 Å². The van der Waals surface area contributed by atoms with E-state index in [1.807, 2.05) is 16.6 Å². The minimum absolute atomic E-state index is 0.0478. The Morgan fingerprint density at radius 2 is 2.00 bits per heavy atom. The third kappa shape index (κ3) is 4.41. The van der Waals surface area contributed by atoms with E-state index in [1.54, 1.807) is 0 Å². The number of anilines is 2. The Morgan fingerprint density at radius 3 is 2.66 bits per heavy atom. The normalized spacial score (nSPS) is 24.3. The number of aromatic nitrogens is 3. The fraction of sp³-hybridized carbons (Fsp3) is 0.654. The Kier molecular flexibility index (Phi) is 5.50. The van der Waals surface area contributed by atoms with E-state index in [1.165, 1.54) is 19.3 Å². The smallest absolute Gasteiger partial charge is 0.249 e. The zero-order valence-corrected chi connectivity index (χ0v) is 19.9. The van der Waals surface area contributed by atoms with Crippen LogP contribution in [0.4, 0.5) is 11.8 Å². The molecule has 3 aliphatic rings. The van der Waals surface area contributed by atoms with Gasteiger partial charge >= 0.3 is 0 Å². The molecule has 0 aromatic carbocycles. The summed E-state index contributed by atoms with van der Waals surface area (Å²) in [5.74, 6) is 4.71. The third-order valence-corrected chi connectivity index (χ3v) is 7.56. The van der Waals surface area contributed by atoms with Gasteiger partial charge in [0.05, 0.1) is 0 Å². The third-order valence-electron chi connectivity index (χ3n) is 7.56. The van der Waals surface area contributed by atoms with Gasteiger partial charge in [-0.2, -0.15) is 9.50 Å². The fourth-order valence-corrected chi connectivity index (χ4v) is 5.40. The highest BCUT2D eigenvalue weighted by Gasteiger charge is 2.35. The number of pyridine rings is 1. The molecule has 1 N–H and O–H groups in total. The van der Waals surface area contributed by atoms with Gasteiger partial charge in [-0.1, -0.05) is 52.3 Å². The highest BCUT2D eigenvalue weighted by atomic mass is 16.2. The lowest BCUT2D eigenvalue weighted by molar-refractivity contribution is -0.117. The maximum atomic E-state index is 12.1. The Balaban J connectivity index is 1.12. The number of allylic oxidation sites excluding steroid dienone is 2. The summed E-state index contributed by atoms with van der Waals surface area (Å²) in [7, 11) is 0. The summed E-state index contributed by atoms with van der Waals surface area (Å²) >= 11 is 0. The molecular formula is C26H37N5O. The van der Waals surface area contributed by atoms with E-state index in [4.69, 9.17) is 0 Å². The molecule has 2 fully saturated rings. The van der Waals surface area contributed by atoms with Crippen molar-refractivity contribution in [3.05, 3.63) is 30.4 Å². The van der Waals surface area contributed by atoms with Crippen molar-refractivity contribution in [2.45, 2.75) is 59.8 Å². The van der Waals surface area contributed by atoms with Crippen LogP contribution < -0.4 is 10.2 Å². The van der Waals surface area contributed by atoms with Gasteiger partial charge in [0.2, 0.25) is 11.9 Å². The summed E-state index contributed by atoms with van der Waals surface area (Å²) in [6.07, 6.45) is 10.7. The second-order valence-electron chi connectivity index (χ2n) is 11.5. The largest absolute Gasteiger partial charge is 0.356 e. The quantitative estimate of drug-likeness (QED) is 0.581. The lowest BCUT2D eigenvalue weighted by atomic mass is 9.65. The topological polar surface area (TPSA) is 62.5 Å². The number of nitrogens with one attached hydrogen (secondary N) is 1. The standard InChI is InChI=1S/C26H37N5O/c1-17(8-9-19-12-13-21(19)26(2,3)4)14-18-15-30(16-18)23-7-5-6-22-27-25(29-31(22)23)28-24(32)20-10-11-20/h5-7,12-13,17-21H,8-11,14-16H2,1-4H3,(H,28,29,32). The van der Waals surface area contributed by atoms with Gasteiger partial charge in [0.1, 0.15) is 5.82 Å². The first-order valence-electron chi connectivity index (χ1n) is 12.4. The van der Waals surface area contributed by atoms with Crippen molar-refractivity contribution < 1.29 is 4.79 Å². The Hall–Kier alpha value is -2.37. The van der Waals surface area contributed by atoms with E-state index in [0.29, 0.717) is 11.4 Å². The van der Waals surface area contributed by atoms with Crippen molar-refractivity contribution in [3.8, 4) is 0 Å². The minimum atomic E-state index is 0.0478. The summed E-state index contributed by atoms with van der Waals surface area (Å²) in [5.41, 5.74) is 1.17. The average molecular weight is 436 g/mol. The van der Waals surface area contributed by atoms with Crippen LogP contribution in [-0.4, -0.2) is 33.6 Å². The molecule has 0 bridgehead atoms. The van der Waals surface area contributed by atoms with Crippen LogP contribution in [0.25, 0.3) is 5.65 Å². The molecule has 32 heavy (non-hydrogen) atoms. The minimum Gasteiger partial charge on any atom is -0.356 e. The van der Waals surface area contributed by atoms with E-state index >= 15 is 0 Å². The second kappa shape index (κ2) is 8.20. The molecule has 3 atom stereocenters. The maximum absolute atomic E-state index is 12.1. The molecule has 6 nitrogen and oxygen atoms in total. The van der Waals surface area contributed by atoms with Crippen LogP contribution in [0.1, 0.15) is 59.8 Å². The Morgan fingerprint density at radius 1 is 1.22 bits per heavy atom. The first-order chi connectivity index (χ1) is 15.3. The number of hydrogen-bond acceptors (Lipinski definition) is 4. The van der Waals surface area contributed by atoms with Crippen LogP contribution in [0.15, 0.2) is 30.4 Å². The SMILES string of the molecule is CC(CCC1C=CC1C(C)(C)C)CC1CN(c2cccc3nc(NC(=O)C4CC4)nn23)C1. The summed E-state index contributed by atoms with van der Waals surface area (Å²) in [4.78, 5) is 18.9. The summed E-state index contributed by atoms with van der Waals surface area (Å²) < 4.78 is 1.87. The molecular weight excluding hydrogens is 398 g/mol. The Bertz CT molecular complexity index is 1010. The zero-order valence-electron chi connectivity index (χ0n) is 19.9. The summed E-state index contributed by atoms with van der Waals surface area (Å²) in [6.45, 7) is 11.6. The molecule has 6 heteroatoms. The van der Waals surface area contributed by atoms with E-state index in [2.05, 4.69) is 66.2 Å². The molecule has 1 saturated heterocycles. The molecule has 3 heterocycles. The summed E-state index contributed by atoms with van der Waals surface area (Å²) in [5, 5.41) is 7.44. The first kappa shape index (κ1) is 21.5. The number of carbonyl (C=O) groups excluding carboxylic acids is 1. The molecule has 5 rings (SSSR count). The van der Waals surface area contributed by atoms with Crippen LogP contribution in [0.5, 0.6) is 0 Å². The number of fused-ring (bicyclic) bond motifs is 1. The number of carbonyl (C=O) groups is 1. The van der Waals surface area contributed by atoms with Gasteiger partial charge in [-0.3, -0.25) is 10.1 Å². The first-order valence-corrected chi connectivity index (χ1v) is 12.4. The summed E-state index contributed by atoms with van der Waals surface area (Å²) in [6, 6.07) is 6.07. The van der Waals surface area contributed by atoms with Gasteiger partial charge in [-0.05, 0) is 66.9 Å². The number of hydrogen-bond donors (Lipinski definition) is 1. The maximum Gasteiger partial charge on any atom is 0.249 e. The zero-order chi connectivity index (χ0) is 22.5. The van der Waals surface area contributed by atoms with Gasteiger partial charge in [-0.15, -0.1) is 5.10 Å². The number of nitrogens with zero attached hydrogens (tertiary/aromatic N) is 4. The van der Waals surface area contributed by atoms with Gasteiger partial charge < -0.3 is 4.90 Å². The number of amides is 1. The van der Waals surface area contributed by atoms with Gasteiger partial charge in [0.25, 0.3) is 0 Å². The Labute approximate surface area is 191 Å². The monoisotopic (exact) mass is 435 g/mol. The van der Waals surface area contributed by atoms with Crippen molar-refractivity contribution in [1.29, 1.82) is 0 Å². The van der Waals surface area contributed by atoms with Crippen LogP contribution in [0.2, 0.25) is 0 Å². The van der Waals surface area contributed by atoms with Crippen LogP contribution in [0, 0.1) is 35.0 Å². The molecule has 2 aromatic heterocycles. The van der Waals surface area contributed by atoms with Crippen molar-refractivity contribution >= 4 is 23.3 Å². The predicted octanol–water partition coefficient (Wildman–Crippen LogP) is 5.17. The molecule has 0 spiro atoms. The van der Waals surface area contributed by atoms with E-state index < -0.39 is 0 Å². The molecule has 172 valence electrons. The van der Waals surface area contributed by atoms with Gasteiger partial charge in [0.15, 0.2) is 5.65 Å². The molecule has 3 unspecified atom stereocenters.